The molecule has 0 unspecified atom stereocenters. The van der Waals surface area contributed by atoms with Crippen LogP contribution in [0.2, 0.25) is 0 Å². The van der Waals surface area contributed by atoms with Gasteiger partial charge < -0.3 is 9.88 Å². The number of carbonyl (C=O) groups is 1. The fourth-order valence-electron chi connectivity index (χ4n) is 4.07. The van der Waals surface area contributed by atoms with E-state index in [4.69, 9.17) is 0 Å². The number of likely N-dealkylation sites (tertiary alicyclic amines) is 1. The lowest BCUT2D eigenvalue weighted by atomic mass is 9.89. The molecule has 2 aromatic heterocycles. The zero-order chi connectivity index (χ0) is 17.6. The molecular formula is C20H24N4O. The standard InChI is InChI=1S/C20H24N4O/c1-13-19(14(2)23(3)22-13)20(25)24-10-8-15(9-11-24)17-12-21-18-7-5-4-6-16(17)18/h4-7,12,15,21H,8-11H2,1-3H3. The first-order chi connectivity index (χ1) is 12.1. The van der Waals surface area contributed by atoms with E-state index in [0.29, 0.717) is 5.92 Å². The van der Waals surface area contributed by atoms with Crippen LogP contribution in [0.4, 0.5) is 0 Å². The Balaban J connectivity index is 1.51. The second kappa shape index (κ2) is 6.06. The molecule has 1 aliphatic heterocycles. The molecule has 1 fully saturated rings. The molecule has 5 nitrogen and oxygen atoms in total. The predicted molar refractivity (Wildman–Crippen MR) is 98.9 cm³/mol. The largest absolute Gasteiger partial charge is 0.361 e. The van der Waals surface area contributed by atoms with E-state index in [2.05, 4.69) is 40.5 Å². The first-order valence-corrected chi connectivity index (χ1v) is 8.91. The summed E-state index contributed by atoms with van der Waals surface area (Å²) in [5, 5.41) is 5.69. The number of nitrogens with zero attached hydrogens (tertiary/aromatic N) is 3. The Hall–Kier alpha value is -2.56. The summed E-state index contributed by atoms with van der Waals surface area (Å²) < 4.78 is 1.79. The van der Waals surface area contributed by atoms with Crippen LogP contribution in [-0.2, 0) is 7.05 Å². The Kier molecular flexibility index (Phi) is 3.86. The van der Waals surface area contributed by atoms with Crippen LogP contribution >= 0.6 is 0 Å². The zero-order valence-electron chi connectivity index (χ0n) is 15.0. The third-order valence-electron chi connectivity index (χ3n) is 5.57. The van der Waals surface area contributed by atoms with Crippen molar-refractivity contribution >= 4 is 16.8 Å². The number of fused-ring (bicyclic) bond motifs is 1. The van der Waals surface area contributed by atoms with Gasteiger partial charge in [0, 0.05) is 42.9 Å². The van der Waals surface area contributed by atoms with E-state index in [0.717, 1.165) is 42.9 Å². The summed E-state index contributed by atoms with van der Waals surface area (Å²) in [6, 6.07) is 8.45. The summed E-state index contributed by atoms with van der Waals surface area (Å²) in [4.78, 5) is 18.3. The molecule has 1 N–H and O–H groups in total. The van der Waals surface area contributed by atoms with E-state index >= 15 is 0 Å². The number of aromatic nitrogens is 3. The number of carbonyl (C=O) groups excluding carboxylic acids is 1. The summed E-state index contributed by atoms with van der Waals surface area (Å²) in [7, 11) is 1.89. The molecule has 1 saturated heterocycles. The average molecular weight is 336 g/mol. The molecule has 1 amide bonds. The van der Waals surface area contributed by atoms with Crippen molar-refractivity contribution in [3.8, 4) is 0 Å². The highest BCUT2D eigenvalue weighted by Gasteiger charge is 2.28. The number of hydrogen-bond donors (Lipinski definition) is 1. The van der Waals surface area contributed by atoms with Gasteiger partial charge in [0.1, 0.15) is 0 Å². The molecule has 130 valence electrons. The minimum absolute atomic E-state index is 0.125. The van der Waals surface area contributed by atoms with Crippen molar-refractivity contribution in [1.29, 1.82) is 0 Å². The van der Waals surface area contributed by atoms with Gasteiger partial charge in [-0.1, -0.05) is 18.2 Å². The monoisotopic (exact) mass is 336 g/mol. The van der Waals surface area contributed by atoms with Crippen LogP contribution in [0.1, 0.15) is 46.1 Å². The van der Waals surface area contributed by atoms with Crippen molar-refractivity contribution in [1.82, 2.24) is 19.7 Å². The van der Waals surface area contributed by atoms with Gasteiger partial charge in [0.25, 0.3) is 5.91 Å². The molecule has 25 heavy (non-hydrogen) atoms. The number of nitrogens with one attached hydrogen (secondary N) is 1. The molecule has 0 aliphatic carbocycles. The van der Waals surface area contributed by atoms with E-state index in [9.17, 15) is 4.79 Å². The molecule has 3 heterocycles. The Morgan fingerprint density at radius 3 is 2.60 bits per heavy atom. The van der Waals surface area contributed by atoms with Crippen molar-refractivity contribution in [2.24, 2.45) is 7.05 Å². The molecule has 3 aromatic rings. The fraction of sp³-hybridized carbons (Fsp3) is 0.400. The Morgan fingerprint density at radius 2 is 1.92 bits per heavy atom. The Morgan fingerprint density at radius 1 is 1.20 bits per heavy atom. The van der Waals surface area contributed by atoms with E-state index in [-0.39, 0.29) is 5.91 Å². The van der Waals surface area contributed by atoms with Crippen LogP contribution in [-0.4, -0.2) is 38.7 Å². The van der Waals surface area contributed by atoms with Gasteiger partial charge in [-0.2, -0.15) is 5.10 Å². The highest BCUT2D eigenvalue weighted by molar-refractivity contribution is 5.96. The maximum Gasteiger partial charge on any atom is 0.257 e. The Labute approximate surface area is 147 Å². The van der Waals surface area contributed by atoms with Gasteiger partial charge in [0.05, 0.1) is 11.3 Å². The fourth-order valence-corrected chi connectivity index (χ4v) is 4.07. The molecule has 5 heteroatoms. The quantitative estimate of drug-likeness (QED) is 0.778. The van der Waals surface area contributed by atoms with Crippen LogP contribution in [0.15, 0.2) is 30.5 Å². The predicted octanol–water partition coefficient (Wildman–Crippen LogP) is 3.54. The molecule has 1 aromatic carbocycles. The normalized spacial score (nSPS) is 15.9. The Bertz CT molecular complexity index is 928. The van der Waals surface area contributed by atoms with Gasteiger partial charge in [-0.3, -0.25) is 9.48 Å². The van der Waals surface area contributed by atoms with Crippen LogP contribution in [0.3, 0.4) is 0 Å². The third-order valence-corrected chi connectivity index (χ3v) is 5.57. The molecular weight excluding hydrogens is 312 g/mol. The number of amides is 1. The number of piperidine rings is 1. The lowest BCUT2D eigenvalue weighted by molar-refractivity contribution is 0.0711. The number of benzene rings is 1. The van der Waals surface area contributed by atoms with Gasteiger partial charge in [-0.25, -0.2) is 0 Å². The number of aromatic amines is 1. The van der Waals surface area contributed by atoms with Crippen molar-refractivity contribution < 1.29 is 4.79 Å². The summed E-state index contributed by atoms with van der Waals surface area (Å²) >= 11 is 0. The highest BCUT2D eigenvalue weighted by Crippen LogP contribution is 2.33. The number of para-hydroxylation sites is 1. The maximum absolute atomic E-state index is 12.9. The van der Waals surface area contributed by atoms with Crippen molar-refractivity contribution in [2.45, 2.75) is 32.6 Å². The smallest absolute Gasteiger partial charge is 0.257 e. The molecule has 0 atom stereocenters. The second-order valence-corrected chi connectivity index (χ2v) is 7.03. The van der Waals surface area contributed by atoms with Crippen molar-refractivity contribution in [2.75, 3.05) is 13.1 Å². The van der Waals surface area contributed by atoms with E-state index in [1.165, 1.54) is 16.5 Å². The minimum atomic E-state index is 0.125. The molecule has 0 spiro atoms. The van der Waals surface area contributed by atoms with E-state index in [1.807, 2.05) is 25.8 Å². The van der Waals surface area contributed by atoms with Crippen molar-refractivity contribution in [3.63, 3.8) is 0 Å². The van der Waals surface area contributed by atoms with Gasteiger partial charge >= 0.3 is 0 Å². The van der Waals surface area contributed by atoms with Gasteiger partial charge in [0.15, 0.2) is 0 Å². The minimum Gasteiger partial charge on any atom is -0.361 e. The average Bonchev–Trinajstić information content (AvgIpc) is 3.16. The second-order valence-electron chi connectivity index (χ2n) is 7.03. The first kappa shape index (κ1) is 15.9. The number of rotatable bonds is 2. The summed E-state index contributed by atoms with van der Waals surface area (Å²) in [6.45, 7) is 5.48. The number of H-pyrrole nitrogens is 1. The molecule has 4 rings (SSSR count). The molecule has 0 saturated carbocycles. The van der Waals surface area contributed by atoms with Crippen LogP contribution in [0.5, 0.6) is 0 Å². The van der Waals surface area contributed by atoms with Gasteiger partial charge in [-0.05, 0) is 44.2 Å². The SMILES string of the molecule is Cc1nn(C)c(C)c1C(=O)N1CCC(c2c[nH]c3ccccc23)CC1. The third kappa shape index (κ3) is 2.64. The zero-order valence-corrected chi connectivity index (χ0v) is 15.0. The first-order valence-electron chi connectivity index (χ1n) is 8.91. The topological polar surface area (TPSA) is 53.9 Å². The number of aryl methyl sites for hydroxylation is 2. The van der Waals surface area contributed by atoms with E-state index in [1.54, 1.807) is 4.68 Å². The molecule has 0 radical (unpaired) electrons. The van der Waals surface area contributed by atoms with Crippen LogP contribution in [0, 0.1) is 13.8 Å². The van der Waals surface area contributed by atoms with Crippen LogP contribution in [0.25, 0.3) is 10.9 Å². The summed E-state index contributed by atoms with van der Waals surface area (Å²) in [5.41, 5.74) is 5.12. The maximum atomic E-state index is 12.9. The van der Waals surface area contributed by atoms with Crippen molar-refractivity contribution in [3.05, 3.63) is 53.0 Å². The van der Waals surface area contributed by atoms with Gasteiger partial charge in [-0.15, -0.1) is 0 Å². The lowest BCUT2D eigenvalue weighted by Gasteiger charge is -2.32. The summed E-state index contributed by atoms with van der Waals surface area (Å²) in [6.07, 6.45) is 4.15. The highest BCUT2D eigenvalue weighted by atomic mass is 16.2. The molecule has 1 aliphatic rings. The van der Waals surface area contributed by atoms with E-state index < -0.39 is 0 Å². The number of hydrogen-bond acceptors (Lipinski definition) is 2. The lowest BCUT2D eigenvalue weighted by Crippen LogP contribution is -2.38. The molecule has 0 bridgehead atoms. The summed E-state index contributed by atoms with van der Waals surface area (Å²) in [5.74, 6) is 0.636. The van der Waals surface area contributed by atoms with Crippen LogP contribution < -0.4 is 0 Å². The van der Waals surface area contributed by atoms with Gasteiger partial charge in [0.2, 0.25) is 0 Å².